The van der Waals surface area contributed by atoms with Gasteiger partial charge in [-0.3, -0.25) is 4.90 Å². The average molecular weight is 416 g/mol. The number of carboxylic acids is 1. The van der Waals surface area contributed by atoms with Gasteiger partial charge in [0.05, 0.1) is 5.56 Å². The van der Waals surface area contributed by atoms with Crippen molar-refractivity contribution in [1.82, 2.24) is 4.90 Å². The van der Waals surface area contributed by atoms with E-state index in [2.05, 4.69) is 43.0 Å². The quantitative estimate of drug-likeness (QED) is 0.534. The number of ether oxygens (including phenoxy) is 1. The SMILES string of the molecule is Cc1cc(-c2ccc(OC3CN(Cc4ccc(C(C)C)cc4)C3)cc2)ccc1C(=O)O. The maximum absolute atomic E-state index is 11.2. The highest BCUT2D eigenvalue weighted by Gasteiger charge is 2.28. The standard InChI is InChI=1S/C27H29NO3/c1-18(2)21-6-4-20(5-7-21)15-28-16-25(17-28)31-24-11-8-22(9-12-24)23-10-13-26(27(29)30)19(3)14-23/h4-14,18,25H,15-17H2,1-3H3,(H,29,30). The van der Waals surface area contributed by atoms with Gasteiger partial charge in [-0.25, -0.2) is 4.79 Å². The number of hydrogen-bond donors (Lipinski definition) is 1. The van der Waals surface area contributed by atoms with Crippen LogP contribution >= 0.6 is 0 Å². The van der Waals surface area contributed by atoms with Gasteiger partial charge in [0.1, 0.15) is 11.9 Å². The summed E-state index contributed by atoms with van der Waals surface area (Å²) in [5.74, 6) is 0.541. The number of rotatable bonds is 7. The molecule has 3 aromatic rings. The first kappa shape index (κ1) is 21.1. The smallest absolute Gasteiger partial charge is 0.335 e. The molecule has 0 atom stereocenters. The van der Waals surface area contributed by atoms with Crippen molar-refractivity contribution < 1.29 is 14.6 Å². The predicted molar refractivity (Wildman–Crippen MR) is 124 cm³/mol. The molecular formula is C27H29NO3. The number of hydrogen-bond acceptors (Lipinski definition) is 3. The highest BCUT2D eigenvalue weighted by molar-refractivity contribution is 5.90. The third kappa shape index (κ3) is 4.97. The van der Waals surface area contributed by atoms with Crippen molar-refractivity contribution in [3.8, 4) is 16.9 Å². The molecule has 4 rings (SSSR count). The number of benzene rings is 3. The van der Waals surface area contributed by atoms with E-state index in [1.165, 1.54) is 11.1 Å². The number of carboxylic acid groups (broad SMARTS) is 1. The van der Waals surface area contributed by atoms with E-state index in [0.29, 0.717) is 11.5 Å². The fourth-order valence-electron chi connectivity index (χ4n) is 3.99. The number of nitrogens with zero attached hydrogens (tertiary/aromatic N) is 1. The zero-order chi connectivity index (χ0) is 22.0. The number of carbonyl (C=O) groups is 1. The Morgan fingerprint density at radius 1 is 1.00 bits per heavy atom. The Labute approximate surface area is 184 Å². The van der Waals surface area contributed by atoms with E-state index in [1.807, 2.05) is 43.3 Å². The van der Waals surface area contributed by atoms with Gasteiger partial charge in [-0.1, -0.05) is 62.4 Å². The van der Waals surface area contributed by atoms with Crippen LogP contribution in [0.25, 0.3) is 11.1 Å². The highest BCUT2D eigenvalue weighted by Crippen LogP contribution is 2.26. The largest absolute Gasteiger partial charge is 0.488 e. The van der Waals surface area contributed by atoms with Crippen molar-refractivity contribution in [1.29, 1.82) is 0 Å². The van der Waals surface area contributed by atoms with Crippen LogP contribution in [0.4, 0.5) is 0 Å². The van der Waals surface area contributed by atoms with Crippen LogP contribution in [0.2, 0.25) is 0 Å². The summed E-state index contributed by atoms with van der Waals surface area (Å²) in [6.07, 6.45) is 0.220. The van der Waals surface area contributed by atoms with Crippen LogP contribution in [0.15, 0.2) is 66.7 Å². The van der Waals surface area contributed by atoms with Crippen LogP contribution in [0, 0.1) is 6.92 Å². The molecular weight excluding hydrogens is 386 g/mol. The lowest BCUT2D eigenvalue weighted by Gasteiger charge is -2.39. The zero-order valence-electron chi connectivity index (χ0n) is 18.3. The fourth-order valence-corrected chi connectivity index (χ4v) is 3.99. The van der Waals surface area contributed by atoms with E-state index in [9.17, 15) is 9.90 Å². The topological polar surface area (TPSA) is 49.8 Å². The first-order valence-corrected chi connectivity index (χ1v) is 10.8. The molecule has 0 radical (unpaired) electrons. The summed E-state index contributed by atoms with van der Waals surface area (Å²) in [6.45, 7) is 9.09. The maximum atomic E-state index is 11.2. The van der Waals surface area contributed by atoms with Gasteiger partial charge >= 0.3 is 5.97 Å². The number of likely N-dealkylation sites (tertiary alicyclic amines) is 1. The summed E-state index contributed by atoms with van der Waals surface area (Å²) < 4.78 is 6.11. The molecule has 0 aliphatic carbocycles. The predicted octanol–water partition coefficient (Wildman–Crippen LogP) is 5.75. The molecule has 3 aromatic carbocycles. The number of aryl methyl sites for hydroxylation is 1. The molecule has 4 nitrogen and oxygen atoms in total. The molecule has 1 aliphatic rings. The van der Waals surface area contributed by atoms with E-state index in [4.69, 9.17) is 4.74 Å². The van der Waals surface area contributed by atoms with Gasteiger partial charge in [-0.15, -0.1) is 0 Å². The van der Waals surface area contributed by atoms with E-state index < -0.39 is 5.97 Å². The Morgan fingerprint density at radius 2 is 1.65 bits per heavy atom. The lowest BCUT2D eigenvalue weighted by atomic mass is 10.00. The summed E-state index contributed by atoms with van der Waals surface area (Å²) in [7, 11) is 0. The van der Waals surface area contributed by atoms with Crippen molar-refractivity contribution in [2.75, 3.05) is 13.1 Å². The van der Waals surface area contributed by atoms with Crippen LogP contribution in [0.1, 0.15) is 46.8 Å². The minimum absolute atomic E-state index is 0.220. The van der Waals surface area contributed by atoms with Gasteiger partial charge in [0.15, 0.2) is 0 Å². The zero-order valence-corrected chi connectivity index (χ0v) is 18.3. The maximum Gasteiger partial charge on any atom is 0.335 e. The van der Waals surface area contributed by atoms with Crippen LogP contribution in [0.5, 0.6) is 5.75 Å². The highest BCUT2D eigenvalue weighted by atomic mass is 16.5. The first-order valence-electron chi connectivity index (χ1n) is 10.8. The molecule has 0 amide bonds. The van der Waals surface area contributed by atoms with Crippen LogP contribution < -0.4 is 4.74 Å². The molecule has 0 saturated carbocycles. The molecule has 160 valence electrons. The van der Waals surface area contributed by atoms with Crippen molar-refractivity contribution >= 4 is 5.97 Å². The Morgan fingerprint density at radius 3 is 2.23 bits per heavy atom. The van der Waals surface area contributed by atoms with Crippen LogP contribution in [-0.2, 0) is 6.54 Å². The second-order valence-electron chi connectivity index (χ2n) is 8.69. The first-order chi connectivity index (χ1) is 14.9. The molecule has 1 fully saturated rings. The second kappa shape index (κ2) is 8.94. The Kier molecular flexibility index (Phi) is 6.10. The molecule has 1 saturated heterocycles. The summed E-state index contributed by atoms with van der Waals surface area (Å²) in [6, 6.07) is 22.4. The third-order valence-corrected chi connectivity index (χ3v) is 5.92. The summed E-state index contributed by atoms with van der Waals surface area (Å²) in [5.41, 5.74) is 5.88. The Hall–Kier alpha value is -3.11. The summed E-state index contributed by atoms with van der Waals surface area (Å²) >= 11 is 0. The molecule has 0 spiro atoms. The molecule has 0 aromatic heterocycles. The third-order valence-electron chi connectivity index (χ3n) is 5.92. The molecule has 0 unspecified atom stereocenters. The Bertz CT molecular complexity index is 1050. The minimum atomic E-state index is -0.894. The molecule has 1 heterocycles. The molecule has 0 bridgehead atoms. The lowest BCUT2D eigenvalue weighted by Crippen LogP contribution is -2.53. The monoisotopic (exact) mass is 415 g/mol. The van der Waals surface area contributed by atoms with Gasteiger partial charge in [0.25, 0.3) is 0 Å². The van der Waals surface area contributed by atoms with E-state index >= 15 is 0 Å². The van der Waals surface area contributed by atoms with Crippen LogP contribution in [0.3, 0.4) is 0 Å². The average Bonchev–Trinajstić information content (AvgIpc) is 2.72. The van der Waals surface area contributed by atoms with Gasteiger partial charge < -0.3 is 9.84 Å². The van der Waals surface area contributed by atoms with Crippen molar-refractivity contribution in [3.05, 3.63) is 89.0 Å². The van der Waals surface area contributed by atoms with Gasteiger partial charge in [0.2, 0.25) is 0 Å². The van der Waals surface area contributed by atoms with Crippen molar-refractivity contribution in [2.24, 2.45) is 0 Å². The fraction of sp³-hybridized carbons (Fsp3) is 0.296. The summed E-state index contributed by atoms with van der Waals surface area (Å²) in [5, 5.41) is 9.19. The van der Waals surface area contributed by atoms with Gasteiger partial charge in [-0.2, -0.15) is 0 Å². The normalized spacial score (nSPS) is 14.5. The van der Waals surface area contributed by atoms with Crippen LogP contribution in [-0.4, -0.2) is 35.2 Å². The van der Waals surface area contributed by atoms with Gasteiger partial charge in [-0.05, 0) is 58.9 Å². The molecule has 1 aliphatic heterocycles. The van der Waals surface area contributed by atoms with E-state index in [-0.39, 0.29) is 6.10 Å². The van der Waals surface area contributed by atoms with Crippen molar-refractivity contribution in [3.63, 3.8) is 0 Å². The summed E-state index contributed by atoms with van der Waals surface area (Å²) in [4.78, 5) is 13.6. The molecule has 4 heteroatoms. The number of aromatic carboxylic acids is 1. The lowest BCUT2D eigenvalue weighted by molar-refractivity contribution is 0.0146. The van der Waals surface area contributed by atoms with Crippen molar-refractivity contribution in [2.45, 2.75) is 39.3 Å². The second-order valence-corrected chi connectivity index (χ2v) is 8.69. The minimum Gasteiger partial charge on any atom is -0.488 e. The van der Waals surface area contributed by atoms with E-state index in [1.54, 1.807) is 6.07 Å². The molecule has 1 N–H and O–H groups in total. The Balaban J connectivity index is 1.29. The van der Waals surface area contributed by atoms with E-state index in [0.717, 1.165) is 42.1 Å². The molecule has 31 heavy (non-hydrogen) atoms. The van der Waals surface area contributed by atoms with Gasteiger partial charge in [0, 0.05) is 19.6 Å².